The summed E-state index contributed by atoms with van der Waals surface area (Å²) < 4.78 is 15.9. The summed E-state index contributed by atoms with van der Waals surface area (Å²) in [5, 5.41) is 3.40. The van der Waals surface area contributed by atoms with Crippen LogP contribution in [0.25, 0.3) is 0 Å². The molecular weight excluding hydrogens is 361 g/mol. The van der Waals surface area contributed by atoms with Gasteiger partial charge in [-0.25, -0.2) is 4.39 Å². The lowest BCUT2D eigenvalue weighted by Gasteiger charge is -2.19. The van der Waals surface area contributed by atoms with Gasteiger partial charge in [0.05, 0.1) is 6.04 Å². The molecule has 0 spiro atoms. The van der Waals surface area contributed by atoms with Gasteiger partial charge in [-0.3, -0.25) is 0 Å². The third kappa shape index (κ3) is 3.42. The lowest BCUT2D eigenvalue weighted by molar-refractivity contribution is 0.546. The molecule has 5 heteroatoms. The second-order valence-electron chi connectivity index (χ2n) is 4.64. The van der Waals surface area contributed by atoms with Crippen LogP contribution in [-0.2, 0) is 0 Å². The van der Waals surface area contributed by atoms with Gasteiger partial charge in [0.25, 0.3) is 0 Å². The van der Waals surface area contributed by atoms with Gasteiger partial charge in [0.15, 0.2) is 0 Å². The zero-order valence-electron chi connectivity index (χ0n) is 11.3. The number of halogens is 3. The van der Waals surface area contributed by atoms with E-state index in [0.29, 0.717) is 15.5 Å². The van der Waals surface area contributed by atoms with Crippen LogP contribution in [0.15, 0.2) is 28.7 Å². The van der Waals surface area contributed by atoms with E-state index >= 15 is 0 Å². The molecule has 1 aromatic heterocycles. The summed E-state index contributed by atoms with van der Waals surface area (Å²) in [6.07, 6.45) is 0.990. The molecule has 1 unspecified atom stereocenters. The second-order valence-corrected chi connectivity index (χ2v) is 7.18. The van der Waals surface area contributed by atoms with Gasteiger partial charge in [-0.05, 0) is 47.4 Å². The summed E-state index contributed by atoms with van der Waals surface area (Å²) in [6, 6.07) is 7.30. The minimum absolute atomic E-state index is 0.151. The van der Waals surface area contributed by atoms with Crippen molar-refractivity contribution in [2.45, 2.75) is 26.3 Å². The highest BCUT2D eigenvalue weighted by atomic mass is 79.9. The van der Waals surface area contributed by atoms with Crippen molar-refractivity contribution in [3.8, 4) is 0 Å². The number of thiophene rings is 1. The largest absolute Gasteiger partial charge is 0.306 e. The summed E-state index contributed by atoms with van der Waals surface area (Å²) in [5.41, 5.74) is 1.33. The molecule has 0 amide bonds. The Hall–Kier alpha value is -0.420. The number of aryl methyl sites for hydroxylation is 1. The van der Waals surface area contributed by atoms with E-state index < -0.39 is 0 Å². The van der Waals surface area contributed by atoms with Gasteiger partial charge in [-0.15, -0.1) is 11.3 Å². The van der Waals surface area contributed by atoms with Gasteiger partial charge in [-0.1, -0.05) is 36.7 Å². The molecule has 1 heterocycles. The number of hydrogen-bond acceptors (Lipinski definition) is 2. The van der Waals surface area contributed by atoms with Crippen LogP contribution in [0.2, 0.25) is 4.34 Å². The molecule has 1 atom stereocenters. The molecule has 0 radical (unpaired) electrons. The fraction of sp³-hybridized carbons (Fsp3) is 0.333. The molecule has 0 aliphatic carbocycles. The van der Waals surface area contributed by atoms with Crippen molar-refractivity contribution in [3.63, 3.8) is 0 Å². The topological polar surface area (TPSA) is 12.0 Å². The number of benzene rings is 1. The zero-order valence-corrected chi connectivity index (χ0v) is 14.5. The van der Waals surface area contributed by atoms with Crippen LogP contribution >= 0.6 is 38.9 Å². The van der Waals surface area contributed by atoms with Crippen molar-refractivity contribution in [1.29, 1.82) is 0 Å². The first-order chi connectivity index (χ1) is 9.54. The number of rotatable bonds is 5. The average molecular weight is 377 g/mol. The minimum Gasteiger partial charge on any atom is -0.306 e. The van der Waals surface area contributed by atoms with Crippen molar-refractivity contribution in [1.82, 2.24) is 5.32 Å². The van der Waals surface area contributed by atoms with Crippen molar-refractivity contribution >= 4 is 38.9 Å². The zero-order chi connectivity index (χ0) is 14.7. The van der Waals surface area contributed by atoms with Gasteiger partial charge in [0.2, 0.25) is 0 Å². The lowest BCUT2D eigenvalue weighted by Crippen LogP contribution is -2.23. The summed E-state index contributed by atoms with van der Waals surface area (Å²) in [5.74, 6) is -0.151. The van der Waals surface area contributed by atoms with Crippen LogP contribution in [0.3, 0.4) is 0 Å². The number of nitrogens with one attached hydrogen (secondary N) is 1. The number of hydrogen-bond donors (Lipinski definition) is 1. The second kappa shape index (κ2) is 7.03. The molecule has 0 bridgehead atoms. The minimum atomic E-state index is -0.163. The Bertz CT molecular complexity index is 580. The first kappa shape index (κ1) is 16.0. The van der Waals surface area contributed by atoms with Crippen molar-refractivity contribution in [3.05, 3.63) is 54.9 Å². The molecule has 1 aromatic carbocycles. The van der Waals surface area contributed by atoms with Gasteiger partial charge in [0.1, 0.15) is 10.2 Å². The molecule has 1 nitrogen and oxygen atoms in total. The Morgan fingerprint density at radius 2 is 2.20 bits per heavy atom. The molecule has 20 heavy (non-hydrogen) atoms. The third-order valence-electron chi connectivity index (χ3n) is 3.08. The van der Waals surface area contributed by atoms with Gasteiger partial charge >= 0.3 is 0 Å². The van der Waals surface area contributed by atoms with Crippen molar-refractivity contribution in [2.75, 3.05) is 6.54 Å². The van der Waals surface area contributed by atoms with Crippen LogP contribution in [0.5, 0.6) is 0 Å². The maximum atomic E-state index is 14.4. The predicted molar refractivity (Wildman–Crippen MR) is 88.3 cm³/mol. The quantitative estimate of drug-likeness (QED) is 0.705. The van der Waals surface area contributed by atoms with Crippen LogP contribution in [0, 0.1) is 12.7 Å². The molecule has 0 saturated heterocycles. The van der Waals surface area contributed by atoms with Crippen LogP contribution in [0.4, 0.5) is 4.39 Å². The van der Waals surface area contributed by atoms with E-state index in [4.69, 9.17) is 11.6 Å². The van der Waals surface area contributed by atoms with Crippen LogP contribution in [0.1, 0.15) is 35.4 Å². The molecule has 2 aromatic rings. The van der Waals surface area contributed by atoms with Gasteiger partial charge in [-0.2, -0.15) is 0 Å². The fourth-order valence-corrected chi connectivity index (χ4v) is 3.88. The Labute approximate surface area is 136 Å². The van der Waals surface area contributed by atoms with Crippen molar-refractivity contribution < 1.29 is 4.39 Å². The standard InChI is InChI=1S/C15H16BrClFNS/c1-3-7-19-14(12-8-11(16)15(17)20-12)10-6-4-5-9(2)13(10)18/h4-6,8,14,19H,3,7H2,1-2H3. The summed E-state index contributed by atoms with van der Waals surface area (Å²) in [4.78, 5) is 1.01. The molecule has 0 aliphatic rings. The Morgan fingerprint density at radius 1 is 1.45 bits per heavy atom. The van der Waals surface area contributed by atoms with E-state index in [1.54, 1.807) is 13.0 Å². The molecule has 0 aliphatic heterocycles. The third-order valence-corrected chi connectivity index (χ3v) is 5.62. The van der Waals surface area contributed by atoms with Crippen molar-refractivity contribution in [2.24, 2.45) is 0 Å². The summed E-state index contributed by atoms with van der Waals surface area (Å²) in [7, 11) is 0. The molecule has 108 valence electrons. The smallest absolute Gasteiger partial charge is 0.131 e. The fourth-order valence-electron chi connectivity index (χ4n) is 2.05. The average Bonchev–Trinajstić information content (AvgIpc) is 2.74. The lowest BCUT2D eigenvalue weighted by atomic mass is 10.0. The Kier molecular flexibility index (Phi) is 5.61. The summed E-state index contributed by atoms with van der Waals surface area (Å²) in [6.45, 7) is 4.70. The van der Waals surface area contributed by atoms with E-state index in [1.165, 1.54) is 11.3 Å². The molecule has 0 fully saturated rings. The van der Waals surface area contributed by atoms with E-state index in [2.05, 4.69) is 28.2 Å². The highest BCUT2D eigenvalue weighted by Crippen LogP contribution is 2.38. The molecular formula is C15H16BrClFNS. The maximum absolute atomic E-state index is 14.4. The van der Waals surface area contributed by atoms with Gasteiger partial charge < -0.3 is 5.32 Å². The molecule has 0 saturated carbocycles. The summed E-state index contributed by atoms with van der Waals surface area (Å²) >= 11 is 11.0. The Morgan fingerprint density at radius 3 is 2.80 bits per heavy atom. The van der Waals surface area contributed by atoms with Gasteiger partial charge in [0, 0.05) is 14.9 Å². The maximum Gasteiger partial charge on any atom is 0.131 e. The Balaban J connectivity index is 2.44. The highest BCUT2D eigenvalue weighted by molar-refractivity contribution is 9.10. The van der Waals surface area contributed by atoms with E-state index in [-0.39, 0.29) is 11.9 Å². The van der Waals surface area contributed by atoms with E-state index in [9.17, 15) is 4.39 Å². The van der Waals surface area contributed by atoms with E-state index in [0.717, 1.165) is 22.3 Å². The molecule has 2 rings (SSSR count). The monoisotopic (exact) mass is 375 g/mol. The molecule has 1 N–H and O–H groups in total. The normalized spacial score (nSPS) is 12.7. The first-order valence-electron chi connectivity index (χ1n) is 6.47. The SMILES string of the molecule is CCCNC(c1cc(Br)c(Cl)s1)c1cccc(C)c1F. The predicted octanol–water partition coefficient (Wildman–Crippen LogP) is 5.70. The van der Waals surface area contributed by atoms with Crippen LogP contribution < -0.4 is 5.32 Å². The van der Waals surface area contributed by atoms with E-state index in [1.807, 2.05) is 18.2 Å². The first-order valence-corrected chi connectivity index (χ1v) is 8.46. The highest BCUT2D eigenvalue weighted by Gasteiger charge is 2.21. The van der Waals surface area contributed by atoms with Crippen LogP contribution in [-0.4, -0.2) is 6.54 Å².